The van der Waals surface area contributed by atoms with Crippen molar-refractivity contribution in [2.75, 3.05) is 25.2 Å². The second-order valence-corrected chi connectivity index (χ2v) is 10.4. The van der Waals surface area contributed by atoms with Crippen molar-refractivity contribution in [1.29, 1.82) is 0 Å². The summed E-state index contributed by atoms with van der Waals surface area (Å²) in [6.07, 6.45) is 6.40. The second kappa shape index (κ2) is 16.4. The number of thioether (sulfide) groups is 1. The monoisotopic (exact) mass is 594 g/mol. The second-order valence-electron chi connectivity index (χ2n) is 9.56. The van der Waals surface area contributed by atoms with E-state index in [-0.39, 0.29) is 29.7 Å². The van der Waals surface area contributed by atoms with Gasteiger partial charge in [-0.25, -0.2) is 13.8 Å². The predicted octanol–water partition coefficient (Wildman–Crippen LogP) is 6.60. The Morgan fingerprint density at radius 3 is 2.55 bits per heavy atom. The molecule has 1 aromatic carbocycles. The molecule has 0 radical (unpaired) electrons. The third-order valence-corrected chi connectivity index (χ3v) is 7.23. The molecule has 0 saturated heterocycles. The van der Waals surface area contributed by atoms with Crippen LogP contribution < -0.4 is 16.6 Å². The van der Waals surface area contributed by atoms with Gasteiger partial charge in [0.15, 0.2) is 5.82 Å². The normalized spacial score (nSPS) is 13.0. The van der Waals surface area contributed by atoms with Crippen molar-refractivity contribution >= 4 is 41.3 Å². The molecule has 0 aliphatic carbocycles. The van der Waals surface area contributed by atoms with E-state index in [9.17, 15) is 9.18 Å². The number of nitrogens with two attached hydrogens (primary N) is 1. The minimum atomic E-state index is -0.598. The zero-order valence-corrected chi connectivity index (χ0v) is 26.1. The summed E-state index contributed by atoms with van der Waals surface area (Å²) in [5, 5.41) is 3.42. The van der Waals surface area contributed by atoms with Crippen molar-refractivity contribution in [3.8, 4) is 0 Å². The van der Waals surface area contributed by atoms with Gasteiger partial charge in [-0.15, -0.1) is 11.8 Å². The van der Waals surface area contributed by atoms with Crippen LogP contribution in [0.4, 0.5) is 14.5 Å². The lowest BCUT2D eigenvalue weighted by atomic mass is 9.97. The lowest BCUT2D eigenvalue weighted by Crippen LogP contribution is -2.20. The van der Waals surface area contributed by atoms with Gasteiger partial charge < -0.3 is 15.6 Å². The lowest BCUT2D eigenvalue weighted by molar-refractivity contribution is 0.586. The van der Waals surface area contributed by atoms with E-state index in [1.807, 2.05) is 33.1 Å². The first-order chi connectivity index (χ1) is 20.0. The van der Waals surface area contributed by atoms with E-state index in [0.29, 0.717) is 29.0 Å². The van der Waals surface area contributed by atoms with Crippen LogP contribution in [0.5, 0.6) is 0 Å². The van der Waals surface area contributed by atoms with Gasteiger partial charge in [-0.1, -0.05) is 31.2 Å². The van der Waals surface area contributed by atoms with E-state index < -0.39 is 11.4 Å². The minimum Gasteiger partial charge on any atom is -0.404 e. The number of aromatic nitrogens is 1. The van der Waals surface area contributed by atoms with Crippen LogP contribution in [0.3, 0.4) is 0 Å². The highest BCUT2D eigenvalue weighted by atomic mass is 32.2. The molecule has 0 saturated carbocycles. The van der Waals surface area contributed by atoms with E-state index in [4.69, 9.17) is 5.73 Å². The molecule has 0 unspecified atom stereocenters. The van der Waals surface area contributed by atoms with Gasteiger partial charge >= 0.3 is 0 Å². The Balaban J connectivity index is 2.75. The van der Waals surface area contributed by atoms with Crippen molar-refractivity contribution in [2.24, 2.45) is 27.8 Å². The zero-order valence-electron chi connectivity index (χ0n) is 25.3. The number of halogens is 2. The fraction of sp³-hybridized carbons (Fsp3) is 0.312. The zero-order chi connectivity index (χ0) is 31.4. The van der Waals surface area contributed by atoms with Gasteiger partial charge in [0.05, 0.1) is 12.2 Å². The first-order valence-electron chi connectivity index (χ1n) is 13.4. The molecule has 3 N–H and O–H groups in total. The maximum atomic E-state index is 16.7. The number of rotatable bonds is 10. The van der Waals surface area contributed by atoms with Gasteiger partial charge in [0.25, 0.3) is 5.56 Å². The molecule has 0 aliphatic rings. The van der Waals surface area contributed by atoms with Crippen LogP contribution in [-0.4, -0.2) is 42.7 Å². The molecule has 224 valence electrons. The summed E-state index contributed by atoms with van der Waals surface area (Å²) in [5.41, 5.74) is 8.95. The molecule has 7 nitrogen and oxygen atoms in total. The fourth-order valence-corrected chi connectivity index (χ4v) is 4.69. The number of allylic oxidation sites excluding steroid dienone is 1. The Morgan fingerprint density at radius 2 is 1.93 bits per heavy atom. The molecule has 0 spiro atoms. The fourth-order valence-electron chi connectivity index (χ4n) is 4.11. The Kier molecular flexibility index (Phi) is 13.3. The molecule has 2 aromatic rings. The number of benzene rings is 1. The lowest BCUT2D eigenvalue weighted by Gasteiger charge is -2.21. The van der Waals surface area contributed by atoms with Crippen LogP contribution in [0.15, 0.2) is 79.4 Å². The van der Waals surface area contributed by atoms with Gasteiger partial charge in [0.1, 0.15) is 11.7 Å². The summed E-state index contributed by atoms with van der Waals surface area (Å²) in [6, 6.07) is 9.08. The number of hydrogen-bond acceptors (Lipinski definition) is 6. The van der Waals surface area contributed by atoms with Crippen LogP contribution in [-0.2, 0) is 13.5 Å². The van der Waals surface area contributed by atoms with Crippen LogP contribution >= 0.6 is 11.8 Å². The third kappa shape index (κ3) is 9.24. The molecule has 10 heteroatoms. The van der Waals surface area contributed by atoms with Gasteiger partial charge in [0.2, 0.25) is 0 Å². The van der Waals surface area contributed by atoms with Crippen molar-refractivity contribution in [1.82, 2.24) is 4.57 Å². The minimum absolute atomic E-state index is 0.00905. The molecule has 1 aromatic heterocycles. The number of nitrogens with one attached hydrogen (secondary N) is 1. The SMILES string of the molecule is C=C(C=NC(C)=NC)CN=C/C(=C\N)c1c(F)c(CC)c([C@@H](C)Nc2ccc(F)cc2SC)cc(C)ccc(=O)n1C. The Bertz CT molecular complexity index is 1540. The maximum absolute atomic E-state index is 16.7. The summed E-state index contributed by atoms with van der Waals surface area (Å²) in [4.78, 5) is 26.3. The summed E-state index contributed by atoms with van der Waals surface area (Å²) in [6.45, 7) is 11.5. The number of aliphatic imine (C=N–C) groups is 3. The highest BCUT2D eigenvalue weighted by molar-refractivity contribution is 7.98. The first-order valence-corrected chi connectivity index (χ1v) is 14.6. The molecular formula is C32H40F2N6OS. The van der Waals surface area contributed by atoms with Crippen molar-refractivity contribution in [3.63, 3.8) is 0 Å². The van der Waals surface area contributed by atoms with Crippen molar-refractivity contribution in [3.05, 3.63) is 99.1 Å². The average Bonchev–Trinajstić information content (AvgIpc) is 2.97. The standard InChI is InChI=1S/C32H40F2N6OS/c1-9-26-27(22(4)39-28-12-11-25(33)15-29(28)42-8)14-20(2)10-13-30(41)40(7)32(31(26)34)24(16-35)19-37-17-21(3)18-38-23(5)36-6/h10-16,18-19,22,39H,3,9,17,35H2,1-2,4-8H3/b13-10?,20-14?,24-16+,27-26?,32-31?,36-23?,37-19?,38-18?/t22-/m1/s1. The molecule has 2 rings (SSSR count). The quantitative estimate of drug-likeness (QED) is 0.184. The van der Waals surface area contributed by atoms with E-state index in [0.717, 1.165) is 16.1 Å². The van der Waals surface area contributed by atoms with Gasteiger partial charge in [-0.3, -0.25) is 14.8 Å². The Hall–Kier alpha value is -4.05. The van der Waals surface area contributed by atoms with Crippen molar-refractivity contribution < 1.29 is 8.78 Å². The Labute approximate surface area is 251 Å². The van der Waals surface area contributed by atoms with Crippen molar-refractivity contribution in [2.45, 2.75) is 45.1 Å². The van der Waals surface area contributed by atoms with Gasteiger partial charge in [-0.05, 0) is 68.3 Å². The third-order valence-electron chi connectivity index (χ3n) is 6.45. The van der Waals surface area contributed by atoms with E-state index in [1.165, 1.54) is 54.0 Å². The maximum Gasteiger partial charge on any atom is 0.250 e. The van der Waals surface area contributed by atoms with Crippen LogP contribution in [0, 0.1) is 18.6 Å². The van der Waals surface area contributed by atoms with Gasteiger partial charge in [0, 0.05) is 61.0 Å². The van der Waals surface area contributed by atoms with Crippen LogP contribution in [0.1, 0.15) is 49.2 Å². The van der Waals surface area contributed by atoms with Crippen LogP contribution in [0.2, 0.25) is 0 Å². The van der Waals surface area contributed by atoms with E-state index in [2.05, 4.69) is 26.9 Å². The summed E-state index contributed by atoms with van der Waals surface area (Å²) >= 11 is 1.41. The average molecular weight is 595 g/mol. The number of amidine groups is 1. The predicted molar refractivity (Wildman–Crippen MR) is 176 cm³/mol. The Morgan fingerprint density at radius 1 is 1.21 bits per heavy atom. The number of hydrogen-bond donors (Lipinski definition) is 2. The molecular weight excluding hydrogens is 554 g/mol. The molecule has 1 heterocycles. The molecule has 0 amide bonds. The largest absolute Gasteiger partial charge is 0.404 e. The summed E-state index contributed by atoms with van der Waals surface area (Å²) in [5.74, 6) is -0.337. The van der Waals surface area contributed by atoms with Gasteiger partial charge in [-0.2, -0.15) is 0 Å². The van der Waals surface area contributed by atoms with E-state index >= 15 is 4.39 Å². The number of anilines is 1. The molecule has 0 bridgehead atoms. The number of nitrogens with zero attached hydrogens (tertiary/aromatic N) is 4. The molecule has 0 fully saturated rings. The first kappa shape index (κ1) is 34.2. The summed E-state index contributed by atoms with van der Waals surface area (Å²) < 4.78 is 31.8. The van der Waals surface area contributed by atoms with Crippen LogP contribution in [0.25, 0.3) is 5.57 Å². The summed E-state index contributed by atoms with van der Waals surface area (Å²) in [7, 11) is 3.14. The topological polar surface area (TPSA) is 97.1 Å². The highest BCUT2D eigenvalue weighted by Gasteiger charge is 2.19. The smallest absolute Gasteiger partial charge is 0.250 e. The molecule has 42 heavy (non-hydrogen) atoms. The molecule has 1 atom stereocenters. The molecule has 0 aliphatic heterocycles. The highest BCUT2D eigenvalue weighted by Crippen LogP contribution is 2.31. The number of aryl methyl sites for hydroxylation is 1. The van der Waals surface area contributed by atoms with E-state index in [1.54, 1.807) is 32.3 Å².